The van der Waals surface area contributed by atoms with Crippen LogP contribution < -0.4 is 4.90 Å². The second kappa shape index (κ2) is 5.34. The van der Waals surface area contributed by atoms with Crippen molar-refractivity contribution >= 4 is 21.6 Å². The molecular formula is C15H17BrFN3. The van der Waals surface area contributed by atoms with Crippen LogP contribution in [0.2, 0.25) is 0 Å². The van der Waals surface area contributed by atoms with Gasteiger partial charge in [-0.15, -0.1) is 0 Å². The Balaban J connectivity index is 1.93. The van der Waals surface area contributed by atoms with Crippen molar-refractivity contribution < 1.29 is 4.39 Å². The molecule has 2 unspecified atom stereocenters. The maximum absolute atomic E-state index is 14.5. The van der Waals surface area contributed by atoms with Gasteiger partial charge in [0.25, 0.3) is 0 Å². The Morgan fingerprint density at radius 3 is 2.95 bits per heavy atom. The standard InChI is InChI=1S/C15H17BrFN3/c1-10-8-19-6-2-3-12(19)9-20(10)13-5-4-11(7-18)14(16)15(13)17/h4-5,10,12H,2-3,6,8-9H2,1H3. The highest BCUT2D eigenvalue weighted by atomic mass is 79.9. The van der Waals surface area contributed by atoms with Crippen LogP contribution >= 0.6 is 15.9 Å². The first-order valence-corrected chi connectivity index (χ1v) is 7.80. The van der Waals surface area contributed by atoms with Crippen molar-refractivity contribution in [2.75, 3.05) is 24.5 Å². The fourth-order valence-electron chi connectivity index (χ4n) is 3.37. The molecule has 0 saturated carbocycles. The molecule has 5 heteroatoms. The summed E-state index contributed by atoms with van der Waals surface area (Å²) in [6.07, 6.45) is 2.44. The average Bonchev–Trinajstić information content (AvgIpc) is 2.88. The van der Waals surface area contributed by atoms with Gasteiger partial charge in [0, 0.05) is 25.2 Å². The van der Waals surface area contributed by atoms with Crippen LogP contribution in [-0.2, 0) is 0 Å². The lowest BCUT2D eigenvalue weighted by Crippen LogP contribution is -2.55. The second-order valence-corrected chi connectivity index (χ2v) is 6.46. The minimum atomic E-state index is -0.317. The molecule has 0 amide bonds. The normalized spacial score (nSPS) is 26.4. The number of benzene rings is 1. The molecule has 1 aromatic carbocycles. The van der Waals surface area contributed by atoms with E-state index >= 15 is 0 Å². The van der Waals surface area contributed by atoms with E-state index in [-0.39, 0.29) is 10.3 Å². The highest BCUT2D eigenvalue weighted by Gasteiger charge is 2.35. The average molecular weight is 338 g/mol. The molecule has 20 heavy (non-hydrogen) atoms. The first kappa shape index (κ1) is 13.8. The van der Waals surface area contributed by atoms with Crippen LogP contribution in [0, 0.1) is 17.1 Å². The molecule has 2 fully saturated rings. The number of rotatable bonds is 1. The molecule has 2 saturated heterocycles. The fourth-order valence-corrected chi connectivity index (χ4v) is 3.79. The van der Waals surface area contributed by atoms with Crippen molar-refractivity contribution in [1.82, 2.24) is 4.90 Å². The molecule has 0 spiro atoms. The predicted octanol–water partition coefficient (Wildman–Crippen LogP) is 3.13. The van der Waals surface area contributed by atoms with Crippen molar-refractivity contribution in [3.8, 4) is 6.07 Å². The Bertz CT molecular complexity index is 569. The first-order chi connectivity index (χ1) is 9.61. The van der Waals surface area contributed by atoms with Crippen molar-refractivity contribution in [2.45, 2.75) is 31.8 Å². The third-order valence-electron chi connectivity index (χ3n) is 4.43. The van der Waals surface area contributed by atoms with E-state index in [9.17, 15) is 4.39 Å². The van der Waals surface area contributed by atoms with E-state index in [4.69, 9.17) is 5.26 Å². The molecule has 0 N–H and O–H groups in total. The number of hydrogen-bond acceptors (Lipinski definition) is 3. The van der Waals surface area contributed by atoms with E-state index in [1.807, 2.05) is 6.07 Å². The summed E-state index contributed by atoms with van der Waals surface area (Å²) >= 11 is 3.20. The topological polar surface area (TPSA) is 30.3 Å². The number of piperazine rings is 1. The minimum Gasteiger partial charge on any atom is -0.364 e. The molecule has 0 bridgehead atoms. The van der Waals surface area contributed by atoms with E-state index < -0.39 is 0 Å². The van der Waals surface area contributed by atoms with Crippen LogP contribution in [0.1, 0.15) is 25.3 Å². The highest BCUT2D eigenvalue weighted by Crippen LogP contribution is 2.34. The maximum Gasteiger partial charge on any atom is 0.161 e. The van der Waals surface area contributed by atoms with Crippen molar-refractivity contribution in [3.63, 3.8) is 0 Å². The molecular weight excluding hydrogens is 321 g/mol. The first-order valence-electron chi connectivity index (χ1n) is 7.00. The van der Waals surface area contributed by atoms with E-state index in [2.05, 4.69) is 32.7 Å². The minimum absolute atomic E-state index is 0.276. The zero-order chi connectivity index (χ0) is 14.3. The summed E-state index contributed by atoms with van der Waals surface area (Å²) in [4.78, 5) is 4.66. The van der Waals surface area contributed by atoms with Crippen LogP contribution in [0.3, 0.4) is 0 Å². The SMILES string of the molecule is CC1CN2CCCC2CN1c1ccc(C#N)c(Br)c1F. The summed E-state index contributed by atoms with van der Waals surface area (Å²) in [6.45, 7) is 5.17. The van der Waals surface area contributed by atoms with Gasteiger partial charge in [0.15, 0.2) is 5.82 Å². The lowest BCUT2D eigenvalue weighted by molar-refractivity contribution is 0.202. The van der Waals surface area contributed by atoms with Crippen molar-refractivity contribution in [1.29, 1.82) is 5.26 Å². The summed E-state index contributed by atoms with van der Waals surface area (Å²) in [5, 5.41) is 8.95. The van der Waals surface area contributed by atoms with Crippen molar-refractivity contribution in [2.24, 2.45) is 0 Å². The van der Waals surface area contributed by atoms with Gasteiger partial charge >= 0.3 is 0 Å². The number of fused-ring (bicyclic) bond motifs is 1. The van der Waals surface area contributed by atoms with Crippen LogP contribution in [-0.4, -0.2) is 36.6 Å². The monoisotopic (exact) mass is 337 g/mol. The molecule has 0 radical (unpaired) electrons. The third kappa shape index (κ3) is 2.21. The van der Waals surface area contributed by atoms with E-state index in [0.29, 0.717) is 23.3 Å². The summed E-state index contributed by atoms with van der Waals surface area (Å²) in [5.41, 5.74) is 0.952. The van der Waals surface area contributed by atoms with Gasteiger partial charge in [0.1, 0.15) is 6.07 Å². The molecule has 2 aliphatic rings. The Hall–Kier alpha value is -1.12. The smallest absolute Gasteiger partial charge is 0.161 e. The molecule has 2 atom stereocenters. The van der Waals surface area contributed by atoms with Gasteiger partial charge in [-0.05, 0) is 54.4 Å². The Morgan fingerprint density at radius 2 is 2.20 bits per heavy atom. The van der Waals surface area contributed by atoms with E-state index in [1.54, 1.807) is 12.1 Å². The van der Waals surface area contributed by atoms with Gasteiger partial charge in [0.05, 0.1) is 15.7 Å². The molecule has 2 aliphatic heterocycles. The Kier molecular flexibility index (Phi) is 3.70. The number of hydrogen-bond donors (Lipinski definition) is 0. The fraction of sp³-hybridized carbons (Fsp3) is 0.533. The van der Waals surface area contributed by atoms with Crippen LogP contribution in [0.4, 0.5) is 10.1 Å². The quantitative estimate of drug-likeness (QED) is 0.788. The van der Waals surface area contributed by atoms with Crippen LogP contribution in [0.25, 0.3) is 0 Å². The zero-order valence-electron chi connectivity index (χ0n) is 11.4. The van der Waals surface area contributed by atoms with Gasteiger partial charge in [-0.2, -0.15) is 5.26 Å². The maximum atomic E-state index is 14.5. The zero-order valence-corrected chi connectivity index (χ0v) is 13.0. The molecule has 2 heterocycles. The molecule has 3 nitrogen and oxygen atoms in total. The lowest BCUT2D eigenvalue weighted by Gasteiger charge is -2.43. The van der Waals surface area contributed by atoms with Gasteiger partial charge in [-0.3, -0.25) is 4.90 Å². The van der Waals surface area contributed by atoms with Gasteiger partial charge in [-0.1, -0.05) is 0 Å². The summed E-state index contributed by atoms with van der Waals surface area (Å²) < 4.78 is 14.8. The molecule has 106 valence electrons. The van der Waals surface area contributed by atoms with Gasteiger partial charge in [0.2, 0.25) is 0 Å². The van der Waals surface area contributed by atoms with E-state index in [0.717, 1.165) is 13.1 Å². The highest BCUT2D eigenvalue weighted by molar-refractivity contribution is 9.10. The van der Waals surface area contributed by atoms with Crippen molar-refractivity contribution in [3.05, 3.63) is 28.0 Å². The van der Waals surface area contributed by atoms with Gasteiger partial charge < -0.3 is 4.90 Å². The van der Waals surface area contributed by atoms with Crippen LogP contribution in [0.15, 0.2) is 16.6 Å². The number of nitriles is 1. The second-order valence-electron chi connectivity index (χ2n) is 5.66. The molecule has 0 aliphatic carbocycles. The van der Waals surface area contributed by atoms with E-state index in [1.165, 1.54) is 19.4 Å². The summed E-state index contributed by atoms with van der Waals surface area (Å²) in [6, 6.07) is 6.26. The molecule has 1 aromatic rings. The summed E-state index contributed by atoms with van der Waals surface area (Å²) in [7, 11) is 0. The molecule has 0 aromatic heterocycles. The third-order valence-corrected chi connectivity index (χ3v) is 5.20. The molecule has 3 rings (SSSR count). The predicted molar refractivity (Wildman–Crippen MR) is 80.2 cm³/mol. The Labute approximate surface area is 127 Å². The lowest BCUT2D eigenvalue weighted by atomic mass is 10.1. The number of anilines is 1. The number of halogens is 2. The largest absolute Gasteiger partial charge is 0.364 e. The number of nitrogens with zero attached hydrogens (tertiary/aromatic N) is 3. The Morgan fingerprint density at radius 1 is 1.40 bits per heavy atom. The summed E-state index contributed by atoms with van der Waals surface area (Å²) in [5.74, 6) is -0.317. The van der Waals surface area contributed by atoms with Crippen LogP contribution in [0.5, 0.6) is 0 Å². The van der Waals surface area contributed by atoms with Gasteiger partial charge in [-0.25, -0.2) is 4.39 Å².